The molecule has 12 rings (SSSR count). The number of aromatic nitrogens is 1. The minimum atomic E-state index is -0.0967. The van der Waals surface area contributed by atoms with Gasteiger partial charge in [0.05, 0.1) is 11.0 Å². The summed E-state index contributed by atoms with van der Waals surface area (Å²) in [5, 5.41) is 7.65. The van der Waals surface area contributed by atoms with E-state index in [9.17, 15) is 0 Å². The first-order valence-electron chi connectivity index (χ1n) is 20.1. The number of fused-ring (bicyclic) bond motifs is 11. The van der Waals surface area contributed by atoms with E-state index >= 15 is 0 Å². The Morgan fingerprint density at radius 2 is 1.10 bits per heavy atom. The van der Waals surface area contributed by atoms with E-state index in [1.807, 2.05) is 11.3 Å². The maximum atomic E-state index is 2.47. The Balaban J connectivity index is 1.02. The van der Waals surface area contributed by atoms with Crippen LogP contribution in [0.1, 0.15) is 25.0 Å². The highest BCUT2D eigenvalue weighted by atomic mass is 32.1. The lowest BCUT2D eigenvalue weighted by Gasteiger charge is -2.28. The van der Waals surface area contributed by atoms with Crippen LogP contribution in [0.3, 0.4) is 0 Å². The van der Waals surface area contributed by atoms with Crippen molar-refractivity contribution in [3.8, 4) is 27.9 Å². The molecule has 0 N–H and O–H groups in total. The molecule has 0 saturated carbocycles. The van der Waals surface area contributed by atoms with Crippen LogP contribution in [-0.4, -0.2) is 4.57 Å². The molecule has 1 aliphatic rings. The SMILES string of the molecule is CC1(C)c2ccccc2-c2ccc(N(c3ccc(-c4ccccc4)cc3)c3ccc4c(c3)sc3ccc(-n5c6ccccc6c6ccc7ccccc7c65)cc34)cc21. The number of hydrogen-bond acceptors (Lipinski definition) is 2. The Kier molecular flexibility index (Phi) is 7.18. The number of benzene rings is 9. The molecule has 274 valence electrons. The van der Waals surface area contributed by atoms with Crippen LogP contribution in [-0.2, 0) is 5.41 Å². The van der Waals surface area contributed by atoms with Crippen LogP contribution in [0, 0.1) is 0 Å². The first-order chi connectivity index (χ1) is 28.5. The highest BCUT2D eigenvalue weighted by Gasteiger charge is 2.35. The third-order valence-corrected chi connectivity index (χ3v) is 13.7. The van der Waals surface area contributed by atoms with E-state index in [0.29, 0.717) is 0 Å². The molecule has 9 aromatic carbocycles. The molecule has 0 aliphatic heterocycles. The molecule has 2 heterocycles. The Bertz CT molecular complexity index is 3420. The maximum absolute atomic E-state index is 2.47. The van der Waals surface area contributed by atoms with Crippen molar-refractivity contribution in [1.82, 2.24) is 4.57 Å². The zero-order valence-corrected chi connectivity index (χ0v) is 33.1. The van der Waals surface area contributed by atoms with Crippen LogP contribution in [0.4, 0.5) is 17.1 Å². The fourth-order valence-electron chi connectivity index (χ4n) is 9.74. The van der Waals surface area contributed by atoms with E-state index in [-0.39, 0.29) is 5.41 Å². The summed E-state index contributed by atoms with van der Waals surface area (Å²) in [6.07, 6.45) is 0. The zero-order valence-electron chi connectivity index (χ0n) is 32.3. The summed E-state index contributed by atoms with van der Waals surface area (Å²) in [4.78, 5) is 2.44. The minimum absolute atomic E-state index is 0.0967. The van der Waals surface area contributed by atoms with Crippen LogP contribution in [0.25, 0.3) is 80.7 Å². The van der Waals surface area contributed by atoms with Crippen LogP contribution in [0.15, 0.2) is 194 Å². The van der Waals surface area contributed by atoms with E-state index in [2.05, 4.69) is 217 Å². The summed E-state index contributed by atoms with van der Waals surface area (Å²) in [5.41, 5.74) is 14.9. The highest BCUT2D eigenvalue weighted by Crippen LogP contribution is 2.51. The topological polar surface area (TPSA) is 8.17 Å². The average molecular weight is 759 g/mol. The van der Waals surface area contributed by atoms with Gasteiger partial charge in [0.1, 0.15) is 0 Å². The van der Waals surface area contributed by atoms with E-state index in [1.54, 1.807) is 0 Å². The molecule has 0 bridgehead atoms. The van der Waals surface area contributed by atoms with E-state index in [4.69, 9.17) is 0 Å². The molecule has 3 heteroatoms. The summed E-state index contributed by atoms with van der Waals surface area (Å²) < 4.78 is 5.04. The molecule has 0 amide bonds. The molecular formula is C55H38N2S. The maximum Gasteiger partial charge on any atom is 0.0619 e. The second kappa shape index (κ2) is 12.5. The molecular weight excluding hydrogens is 721 g/mol. The largest absolute Gasteiger partial charge is 0.310 e. The molecule has 0 radical (unpaired) electrons. The number of para-hydroxylation sites is 1. The van der Waals surface area contributed by atoms with Gasteiger partial charge in [-0.3, -0.25) is 0 Å². The third kappa shape index (κ3) is 4.90. The molecule has 0 unspecified atom stereocenters. The molecule has 58 heavy (non-hydrogen) atoms. The smallest absolute Gasteiger partial charge is 0.0619 e. The minimum Gasteiger partial charge on any atom is -0.310 e. The molecule has 0 atom stereocenters. The van der Waals surface area contributed by atoms with Gasteiger partial charge >= 0.3 is 0 Å². The van der Waals surface area contributed by atoms with Crippen LogP contribution in [0.2, 0.25) is 0 Å². The number of nitrogens with zero attached hydrogens (tertiary/aromatic N) is 2. The molecule has 1 aliphatic carbocycles. The van der Waals surface area contributed by atoms with Crippen LogP contribution in [0.5, 0.6) is 0 Å². The Labute approximate surface area is 341 Å². The highest BCUT2D eigenvalue weighted by molar-refractivity contribution is 7.25. The Morgan fingerprint density at radius 3 is 1.98 bits per heavy atom. The van der Waals surface area contributed by atoms with E-state index in [1.165, 1.54) is 91.8 Å². The quantitative estimate of drug-likeness (QED) is 0.170. The molecule has 11 aromatic rings. The van der Waals surface area contributed by atoms with Crippen molar-refractivity contribution < 1.29 is 0 Å². The summed E-state index contributed by atoms with van der Waals surface area (Å²) in [5.74, 6) is 0. The van der Waals surface area contributed by atoms with Gasteiger partial charge in [0.15, 0.2) is 0 Å². The van der Waals surface area contributed by atoms with Crippen molar-refractivity contribution in [3.05, 3.63) is 205 Å². The molecule has 2 aromatic heterocycles. The van der Waals surface area contributed by atoms with E-state index < -0.39 is 0 Å². The molecule has 2 nitrogen and oxygen atoms in total. The first-order valence-corrected chi connectivity index (χ1v) is 20.9. The van der Waals surface area contributed by atoms with Gasteiger partial charge in [0.25, 0.3) is 0 Å². The normalized spacial score (nSPS) is 13.1. The van der Waals surface area contributed by atoms with Gasteiger partial charge < -0.3 is 9.47 Å². The zero-order chi connectivity index (χ0) is 38.5. The van der Waals surface area contributed by atoms with Gasteiger partial charge in [0, 0.05) is 64.5 Å². The van der Waals surface area contributed by atoms with Gasteiger partial charge in [-0.15, -0.1) is 11.3 Å². The average Bonchev–Trinajstić information content (AvgIpc) is 3.89. The van der Waals surface area contributed by atoms with Crippen molar-refractivity contribution >= 4 is 81.1 Å². The summed E-state index contributed by atoms with van der Waals surface area (Å²) in [6.45, 7) is 4.72. The van der Waals surface area contributed by atoms with Gasteiger partial charge in [-0.25, -0.2) is 0 Å². The first kappa shape index (κ1) is 33.2. The van der Waals surface area contributed by atoms with Crippen LogP contribution < -0.4 is 4.90 Å². The predicted molar refractivity (Wildman–Crippen MR) is 249 cm³/mol. The number of anilines is 3. The lowest BCUT2D eigenvalue weighted by Crippen LogP contribution is -2.16. The monoisotopic (exact) mass is 758 g/mol. The van der Waals surface area contributed by atoms with Crippen LogP contribution >= 0.6 is 11.3 Å². The summed E-state index contributed by atoms with van der Waals surface area (Å²) in [7, 11) is 0. The number of thiophene rings is 1. The van der Waals surface area contributed by atoms with E-state index in [0.717, 1.165) is 17.1 Å². The Morgan fingerprint density at radius 1 is 0.431 bits per heavy atom. The van der Waals surface area contributed by atoms with Crippen molar-refractivity contribution in [2.24, 2.45) is 0 Å². The van der Waals surface area contributed by atoms with Gasteiger partial charge in [-0.2, -0.15) is 0 Å². The fourth-order valence-corrected chi connectivity index (χ4v) is 10.9. The summed E-state index contributed by atoms with van der Waals surface area (Å²) >= 11 is 1.87. The van der Waals surface area contributed by atoms with Crippen molar-refractivity contribution in [2.45, 2.75) is 19.3 Å². The van der Waals surface area contributed by atoms with Gasteiger partial charge in [0.2, 0.25) is 0 Å². The summed E-state index contributed by atoms with van der Waals surface area (Å²) in [6, 6.07) is 71.8. The van der Waals surface area contributed by atoms with Gasteiger partial charge in [-0.05, 0) is 99.4 Å². The molecule has 0 saturated heterocycles. The lowest BCUT2D eigenvalue weighted by atomic mass is 9.82. The van der Waals surface area contributed by atoms with Crippen molar-refractivity contribution in [3.63, 3.8) is 0 Å². The number of rotatable bonds is 5. The fraction of sp³-hybridized carbons (Fsp3) is 0.0545. The predicted octanol–water partition coefficient (Wildman–Crippen LogP) is 15.7. The second-order valence-electron chi connectivity index (χ2n) is 16.1. The van der Waals surface area contributed by atoms with Gasteiger partial charge in [-0.1, -0.05) is 147 Å². The number of hydrogen-bond donors (Lipinski definition) is 0. The lowest BCUT2D eigenvalue weighted by molar-refractivity contribution is 0.660. The molecule has 0 fully saturated rings. The third-order valence-electron chi connectivity index (χ3n) is 12.6. The van der Waals surface area contributed by atoms with Crippen molar-refractivity contribution in [1.29, 1.82) is 0 Å². The Hall–Kier alpha value is -6.94. The standard InChI is InChI=1S/C55H38N2S/c1-55(2)49-18-10-8-16-43(49)44-29-25-40(33-50(44)55)56(38-23-20-36(21-24-38)35-12-4-3-5-13-35)41-26-30-46-48-32-39(27-31-52(48)58-53(46)34-41)57-51-19-11-9-17-45(51)47-28-22-37-14-6-7-15-42(37)54(47)57/h3-34H,1-2H3. The molecule has 0 spiro atoms. The second-order valence-corrected chi connectivity index (χ2v) is 17.2. The van der Waals surface area contributed by atoms with Crippen molar-refractivity contribution in [2.75, 3.05) is 4.90 Å².